The molecular formula is C71H105Cl2F6IrN10O10P2S2+. The van der Waals surface area contributed by atoms with Crippen molar-refractivity contribution in [2.45, 2.75) is 234 Å². The fourth-order valence-electron chi connectivity index (χ4n) is 13.1. The van der Waals surface area contributed by atoms with Crippen molar-refractivity contribution in [2.24, 2.45) is 0 Å². The van der Waals surface area contributed by atoms with Crippen LogP contribution in [-0.2, 0) is 49.3 Å². The number of benzene rings is 2. The summed E-state index contributed by atoms with van der Waals surface area (Å²) < 4.78 is 154. The quantitative estimate of drug-likeness (QED) is 0.0344. The number of piperidine rings is 2. The molecule has 0 N–H and O–H groups in total. The molecule has 104 heavy (non-hydrogen) atoms. The zero-order valence-electron chi connectivity index (χ0n) is 63.6. The maximum atomic E-state index is 12.1. The van der Waals surface area contributed by atoms with Gasteiger partial charge in [-0.25, -0.2) is 55.7 Å². The van der Waals surface area contributed by atoms with Crippen molar-refractivity contribution < 1.29 is 94.8 Å². The number of allylic oxidation sites excluding steroid dienone is 4. The van der Waals surface area contributed by atoms with Crippen LogP contribution < -0.4 is 9.47 Å². The monoisotopic (exact) mass is 1770 g/mol. The zero-order valence-corrected chi connectivity index (χ0v) is 68.0. The molecule has 5 fully saturated rings. The minimum atomic E-state index is -10.7. The minimum absolute atomic E-state index is 0. The second kappa shape index (κ2) is 41.8. The van der Waals surface area contributed by atoms with Crippen molar-refractivity contribution in [3.05, 3.63) is 105 Å². The zero-order chi connectivity index (χ0) is 77.2. The summed E-state index contributed by atoms with van der Waals surface area (Å²) in [6.45, 7) is 9.38. The Morgan fingerprint density at radius 3 is 1.16 bits per heavy atom. The van der Waals surface area contributed by atoms with E-state index in [2.05, 4.69) is 54.4 Å². The second-order valence-electron chi connectivity index (χ2n) is 26.4. The van der Waals surface area contributed by atoms with Crippen LogP contribution in [0.5, 0.6) is 11.8 Å². The largest absolute Gasteiger partial charge is 0.474 e. The van der Waals surface area contributed by atoms with Crippen LogP contribution in [0.4, 0.5) is 34.8 Å². The number of hydrogen-bond acceptors (Lipinski definition) is 16. The third kappa shape index (κ3) is 31.1. The van der Waals surface area contributed by atoms with E-state index in [1.165, 1.54) is 104 Å². The van der Waals surface area contributed by atoms with E-state index in [0.29, 0.717) is 91.4 Å². The fraction of sp³-hybridized carbons (Fsp3) is 0.592. The Morgan fingerprint density at radius 2 is 0.856 bits per heavy atom. The van der Waals surface area contributed by atoms with Crippen LogP contribution >= 0.6 is 38.9 Å². The molecule has 2 aliphatic heterocycles. The normalized spacial score (nSPS) is 18.6. The summed E-state index contributed by atoms with van der Waals surface area (Å²) >= 11 is 9.53. The summed E-state index contributed by atoms with van der Waals surface area (Å²) in [6.07, 6.45) is 47.1. The number of rotatable bonds is 13. The predicted octanol–water partition coefficient (Wildman–Crippen LogP) is 20.0. The van der Waals surface area contributed by atoms with Crippen LogP contribution in [-0.4, -0.2) is 164 Å². The molecule has 6 aliphatic rings. The molecule has 0 atom stereocenters. The third-order valence-corrected chi connectivity index (χ3v) is 24.5. The van der Waals surface area contributed by atoms with Gasteiger partial charge in [0.05, 0.1) is 70.8 Å². The van der Waals surface area contributed by atoms with Gasteiger partial charge >= 0.3 is 45.2 Å². The maximum Gasteiger partial charge on any atom is 0.410 e. The number of hydrogen-bond donors (Lipinski definition) is 0. The number of fused-ring (bicyclic) bond motifs is 2. The molecule has 2 aromatic carbocycles. The molecule has 2 amide bonds. The summed E-state index contributed by atoms with van der Waals surface area (Å²) in [5.41, 5.74) is 5.34. The van der Waals surface area contributed by atoms with E-state index in [1.807, 2.05) is 27.7 Å². The van der Waals surface area contributed by atoms with Gasteiger partial charge < -0.3 is 28.7 Å². The van der Waals surface area contributed by atoms with Crippen molar-refractivity contribution in [3.8, 4) is 23.1 Å². The molecule has 0 unspecified atom stereocenters. The molecule has 3 saturated carbocycles. The van der Waals surface area contributed by atoms with Gasteiger partial charge in [-0.05, 0) is 179 Å². The van der Waals surface area contributed by atoms with E-state index in [-0.39, 0.29) is 105 Å². The van der Waals surface area contributed by atoms with Gasteiger partial charge in [-0.2, -0.15) is 10.2 Å². The van der Waals surface area contributed by atoms with E-state index in [4.69, 9.17) is 46.3 Å². The average Bonchev–Trinajstić information content (AvgIpc) is 1.60. The summed E-state index contributed by atoms with van der Waals surface area (Å²) in [6, 6.07) is 8.47. The number of nitrogens with zero attached hydrogens (tertiary/aromatic N) is 10. The summed E-state index contributed by atoms with van der Waals surface area (Å²) in [7, 11) is -16.3. The van der Waals surface area contributed by atoms with Gasteiger partial charge in [0.2, 0.25) is 11.8 Å². The van der Waals surface area contributed by atoms with Gasteiger partial charge in [0.25, 0.3) is 0 Å². The Labute approximate surface area is 639 Å². The number of sulfone groups is 2. The van der Waals surface area contributed by atoms with Gasteiger partial charge in [0.15, 0.2) is 31.0 Å². The van der Waals surface area contributed by atoms with Gasteiger partial charge in [0, 0.05) is 101 Å². The Morgan fingerprint density at radius 1 is 0.548 bits per heavy atom. The molecule has 0 spiro atoms. The first-order chi connectivity index (χ1) is 49.6. The van der Waals surface area contributed by atoms with Crippen LogP contribution in [0.1, 0.15) is 187 Å². The van der Waals surface area contributed by atoms with Crippen molar-refractivity contribution in [1.29, 1.82) is 0 Å². The number of halogens is 8. The van der Waals surface area contributed by atoms with E-state index < -0.39 is 27.5 Å². The van der Waals surface area contributed by atoms with Crippen molar-refractivity contribution in [3.63, 3.8) is 0 Å². The van der Waals surface area contributed by atoms with Crippen molar-refractivity contribution in [1.82, 2.24) is 49.3 Å². The second-order valence-corrected chi connectivity index (χ2v) is 36.7. The Bertz CT molecular complexity index is 3920. The van der Waals surface area contributed by atoms with E-state index in [1.54, 1.807) is 129 Å². The number of amides is 2. The van der Waals surface area contributed by atoms with E-state index in [0.717, 1.165) is 6.26 Å². The van der Waals surface area contributed by atoms with Crippen LogP contribution in [0.3, 0.4) is 0 Å². The number of likely N-dealkylation sites (tertiary alicyclic amines) is 2. The maximum absolute atomic E-state index is 12.1. The molecule has 33 heteroatoms. The number of alkyl halides is 2. The molecule has 20 nitrogen and oxygen atoms in total. The number of aromatic nitrogens is 8. The SMILES string of the molecule is C1=CCC/C=C\CC1.C1CCC([PH+](C2CCCCC2)C2CCCCC2)CC1.CC(C)OC(=O)N1CCC(Oc2ncnc3c2cnn3-c2ccc(S(C)(=O)=O)cc2)CC1.ClCCl.F[P-](F)(F)(F)(F)F.[3H]C.[3H]c1cc(S(C)(=O)=O)cc([3H])c1-n1ncc2c(OC3CCN(C(=O)OC(C)C)CC3)ncnc21.[CH3+].[Ir]. The van der Waals surface area contributed by atoms with Crippen molar-refractivity contribution >= 4 is 92.9 Å². The van der Waals surface area contributed by atoms with Gasteiger partial charge in [-0.15, -0.1) is 23.2 Å². The standard InChI is InChI=1S/2C21H25N5O5S.C18H33P.C8H12.CH2Cl2.CH4.CH3.F6P.Ir/c2*1-14(2)30-21(27)25-10-8-16(9-11-25)31-20-18-12-24-26(19(18)22-13-23-20)15-4-6-17(7-5-15)32(3,28)29;1-4-10-16(11-5-1)19(17-12-6-2-7-13-17)18-14-8-3-9-15-18;1-2-4-6-8-7-5-3-1;2-1-3;;;1-7(2,3,4,5)6;/h2*4-7,12-14,16H,8-11H2,1-3H3;16-18H,1-15H2;1-2,7-8H,3-6H2;1H2;1H4;1H3;;/q;;;;;;+1;-1;/p+1/b;;;2-1-,8-7?;;;;;/i4T,5T;;;;;1T;;;. The molecular weight excluding hydrogens is 1660 g/mol. The smallest absolute Gasteiger partial charge is 0.410 e. The molecule has 1 radical (unpaired) electrons. The van der Waals surface area contributed by atoms with Gasteiger partial charge in [-0.3, -0.25) is 0 Å². The molecule has 6 aromatic rings. The topological polar surface area (TPSA) is 233 Å². The summed E-state index contributed by atoms with van der Waals surface area (Å²) in [5.74, 6) is 0.738. The van der Waals surface area contributed by atoms with Crippen LogP contribution in [0, 0.1) is 7.43 Å². The van der Waals surface area contributed by atoms with Gasteiger partial charge in [0.1, 0.15) is 35.6 Å². The fourth-order valence-corrected chi connectivity index (χ4v) is 19.5. The first kappa shape index (κ1) is 85.8. The minimum Gasteiger partial charge on any atom is -0.474 e. The number of carbonyl (C=O) groups is 2. The Hall–Kier alpha value is -5.40. The third-order valence-electron chi connectivity index (χ3n) is 17.7. The molecule has 0 bridgehead atoms. The molecule has 6 heterocycles. The molecule has 2 saturated heterocycles. The first-order valence-corrected chi connectivity index (χ1v) is 43.3. The average molecular weight is 1770 g/mol. The number of ether oxygens (including phenoxy) is 4. The summed E-state index contributed by atoms with van der Waals surface area (Å²) in [4.78, 5) is 44.7. The summed E-state index contributed by atoms with van der Waals surface area (Å²) in [5, 5.41) is 10.0. The van der Waals surface area contributed by atoms with E-state index >= 15 is 0 Å². The Kier molecular flexibility index (Phi) is 34.5. The van der Waals surface area contributed by atoms with Crippen LogP contribution in [0.25, 0.3) is 33.4 Å². The van der Waals surface area contributed by atoms with Crippen molar-refractivity contribution in [2.75, 3.05) is 44.0 Å². The first-order valence-electron chi connectivity index (χ1n) is 36.7. The Balaban J connectivity index is 0.000000304. The van der Waals surface area contributed by atoms with Crippen LogP contribution in [0.2, 0.25) is 0 Å². The molecule has 4 aromatic heterocycles. The molecule has 585 valence electrons. The van der Waals surface area contributed by atoms with E-state index in [9.17, 15) is 51.6 Å². The predicted molar refractivity (Wildman–Crippen MR) is 402 cm³/mol. The van der Waals surface area contributed by atoms with Crippen LogP contribution in [0.15, 0.2) is 108 Å². The van der Waals surface area contributed by atoms with Gasteiger partial charge in [-0.1, -0.05) is 51.0 Å². The number of carbonyl (C=O) groups excluding carboxylic acids is 2. The molecule has 12 rings (SSSR count). The molecule has 4 aliphatic carbocycles.